The Balaban J connectivity index is 1.78. The molecule has 0 radical (unpaired) electrons. The van der Waals surface area contributed by atoms with E-state index in [-0.39, 0.29) is 18.8 Å². The molecule has 6 nitrogen and oxygen atoms in total. The van der Waals surface area contributed by atoms with Crippen LogP contribution in [0.1, 0.15) is 26.3 Å². The first-order valence-electron chi connectivity index (χ1n) is 9.77. The van der Waals surface area contributed by atoms with Crippen LogP contribution in [0.5, 0.6) is 17.2 Å². The second-order valence-corrected chi connectivity index (χ2v) is 8.61. The predicted octanol–water partition coefficient (Wildman–Crippen LogP) is 4.07. The number of nitrogens with zero attached hydrogens (tertiary/aromatic N) is 1. The van der Waals surface area contributed by atoms with Crippen LogP contribution in [0.25, 0.3) is 11.1 Å². The minimum Gasteiger partial charge on any atom is -0.492 e. The molecular weight excluding hydrogens is 370 g/mol. The topological polar surface area (TPSA) is 68.2 Å². The van der Waals surface area contributed by atoms with Crippen molar-refractivity contribution in [3.63, 3.8) is 0 Å². The smallest absolute Gasteiger partial charge is 0.317 e. The summed E-state index contributed by atoms with van der Waals surface area (Å²) in [6.07, 6.45) is 0.867. The fourth-order valence-electron chi connectivity index (χ4n) is 3.31. The monoisotopic (exact) mass is 399 g/mol. The molecule has 0 saturated carbocycles. The Hall–Kier alpha value is -2.73. The van der Waals surface area contributed by atoms with Gasteiger partial charge < -0.3 is 19.3 Å². The Morgan fingerprint density at radius 1 is 1.10 bits per heavy atom. The van der Waals surface area contributed by atoms with Gasteiger partial charge in [0.15, 0.2) is 11.5 Å². The lowest BCUT2D eigenvalue weighted by molar-refractivity contribution is -0.138. The van der Waals surface area contributed by atoms with Crippen LogP contribution in [0.2, 0.25) is 0 Å². The Labute approximate surface area is 172 Å². The van der Waals surface area contributed by atoms with Crippen molar-refractivity contribution in [1.29, 1.82) is 0 Å². The van der Waals surface area contributed by atoms with Gasteiger partial charge in [-0.15, -0.1) is 0 Å². The molecule has 0 fully saturated rings. The highest BCUT2D eigenvalue weighted by Gasteiger charge is 2.18. The fraction of sp³-hybridized carbons (Fsp3) is 0.435. The second-order valence-electron chi connectivity index (χ2n) is 8.61. The zero-order chi connectivity index (χ0) is 21.0. The summed E-state index contributed by atoms with van der Waals surface area (Å²) in [5.41, 5.74) is 3.40. The van der Waals surface area contributed by atoms with Crippen molar-refractivity contribution < 1.29 is 24.1 Å². The second kappa shape index (κ2) is 8.74. The third-order valence-corrected chi connectivity index (χ3v) is 4.62. The van der Waals surface area contributed by atoms with Crippen LogP contribution < -0.4 is 14.2 Å². The van der Waals surface area contributed by atoms with Gasteiger partial charge in [-0.05, 0) is 59.8 Å². The summed E-state index contributed by atoms with van der Waals surface area (Å²) in [6.45, 7) is 7.84. The van der Waals surface area contributed by atoms with Gasteiger partial charge in [0.2, 0.25) is 6.79 Å². The van der Waals surface area contributed by atoms with Crippen molar-refractivity contribution in [3.8, 4) is 28.4 Å². The molecule has 0 aliphatic carbocycles. The molecule has 29 heavy (non-hydrogen) atoms. The van der Waals surface area contributed by atoms with Gasteiger partial charge in [0.05, 0.1) is 6.54 Å². The predicted molar refractivity (Wildman–Crippen MR) is 112 cm³/mol. The average molecular weight is 399 g/mol. The number of hydrogen-bond acceptors (Lipinski definition) is 5. The van der Waals surface area contributed by atoms with Crippen LogP contribution in [0.4, 0.5) is 0 Å². The summed E-state index contributed by atoms with van der Waals surface area (Å²) in [5.74, 6) is 1.54. The van der Waals surface area contributed by atoms with Gasteiger partial charge in [0, 0.05) is 6.54 Å². The number of fused-ring (bicyclic) bond motifs is 1. The average Bonchev–Trinajstić information content (AvgIpc) is 3.08. The lowest BCUT2D eigenvalue weighted by Gasteiger charge is -2.22. The summed E-state index contributed by atoms with van der Waals surface area (Å²) in [6, 6.07) is 12.2. The van der Waals surface area contributed by atoms with Crippen molar-refractivity contribution in [2.75, 3.05) is 33.5 Å². The lowest BCUT2D eigenvalue weighted by atomic mass is 9.86. The van der Waals surface area contributed by atoms with Gasteiger partial charge in [0.25, 0.3) is 0 Å². The number of carboxylic acids is 1. The number of carbonyl (C=O) groups is 1. The number of carboxylic acid groups (broad SMARTS) is 1. The van der Waals surface area contributed by atoms with Gasteiger partial charge in [-0.3, -0.25) is 9.69 Å². The fourth-order valence-corrected chi connectivity index (χ4v) is 3.31. The molecule has 0 atom stereocenters. The first kappa shape index (κ1) is 21.0. The molecule has 1 N–H and O–H groups in total. The van der Waals surface area contributed by atoms with E-state index in [1.54, 1.807) is 11.9 Å². The van der Waals surface area contributed by atoms with Gasteiger partial charge in [-0.2, -0.15) is 0 Å². The van der Waals surface area contributed by atoms with E-state index >= 15 is 0 Å². The molecule has 0 aromatic heterocycles. The number of hydrogen-bond donors (Lipinski definition) is 1. The van der Waals surface area contributed by atoms with Gasteiger partial charge in [0.1, 0.15) is 12.4 Å². The normalized spacial score (nSPS) is 13.0. The van der Waals surface area contributed by atoms with Gasteiger partial charge >= 0.3 is 5.97 Å². The Morgan fingerprint density at radius 3 is 2.52 bits per heavy atom. The first-order valence-corrected chi connectivity index (χ1v) is 9.77. The van der Waals surface area contributed by atoms with E-state index in [2.05, 4.69) is 26.8 Å². The Kier molecular flexibility index (Phi) is 6.33. The van der Waals surface area contributed by atoms with Crippen molar-refractivity contribution in [3.05, 3.63) is 42.0 Å². The highest BCUT2D eigenvalue weighted by atomic mass is 16.7. The molecule has 1 heterocycles. The van der Waals surface area contributed by atoms with E-state index in [4.69, 9.17) is 19.3 Å². The number of rotatable bonds is 8. The van der Waals surface area contributed by atoms with Crippen LogP contribution in [0.15, 0.2) is 36.4 Å². The molecule has 6 heteroatoms. The molecule has 0 unspecified atom stereocenters. The maximum Gasteiger partial charge on any atom is 0.317 e. The molecule has 0 saturated heterocycles. The van der Waals surface area contributed by atoms with Crippen molar-refractivity contribution in [2.24, 2.45) is 5.41 Å². The van der Waals surface area contributed by atoms with Crippen LogP contribution in [-0.4, -0.2) is 49.5 Å². The largest absolute Gasteiger partial charge is 0.492 e. The number of aliphatic carboxylic acids is 1. The lowest BCUT2D eigenvalue weighted by Crippen LogP contribution is -2.29. The summed E-state index contributed by atoms with van der Waals surface area (Å²) in [5, 5.41) is 8.87. The highest BCUT2D eigenvalue weighted by Crippen LogP contribution is 2.37. The van der Waals surface area contributed by atoms with Crippen molar-refractivity contribution in [2.45, 2.75) is 27.2 Å². The third kappa shape index (κ3) is 5.87. The van der Waals surface area contributed by atoms with E-state index in [0.717, 1.165) is 40.4 Å². The van der Waals surface area contributed by atoms with Crippen molar-refractivity contribution in [1.82, 2.24) is 4.90 Å². The molecule has 156 valence electrons. The van der Waals surface area contributed by atoms with E-state index in [0.29, 0.717) is 13.2 Å². The van der Waals surface area contributed by atoms with Crippen molar-refractivity contribution >= 4 is 5.97 Å². The minimum absolute atomic E-state index is 0.00125. The number of likely N-dealkylation sites (N-methyl/N-ethyl adjacent to an activating group) is 1. The van der Waals surface area contributed by atoms with Gasteiger partial charge in [-0.1, -0.05) is 32.9 Å². The third-order valence-electron chi connectivity index (χ3n) is 4.62. The molecule has 1 aliphatic heterocycles. The molecule has 0 bridgehead atoms. The maximum atomic E-state index is 10.8. The van der Waals surface area contributed by atoms with E-state index in [9.17, 15) is 4.79 Å². The molecule has 1 aliphatic rings. The summed E-state index contributed by atoms with van der Waals surface area (Å²) in [7, 11) is 1.77. The van der Waals surface area contributed by atoms with Crippen LogP contribution >= 0.6 is 0 Å². The quantitative estimate of drug-likeness (QED) is 0.722. The highest BCUT2D eigenvalue weighted by molar-refractivity contribution is 5.69. The Bertz CT molecular complexity index is 872. The Morgan fingerprint density at radius 2 is 1.79 bits per heavy atom. The zero-order valence-electron chi connectivity index (χ0n) is 17.5. The van der Waals surface area contributed by atoms with Crippen LogP contribution in [0, 0.1) is 5.41 Å². The zero-order valence-corrected chi connectivity index (χ0v) is 17.5. The standard InChI is InChI=1S/C23H29NO5/c1-23(2,3)13-18-11-16(17-6-8-20-21(12-17)29-15-28-20)5-7-19(18)27-10-9-24(4)14-22(25)26/h5-8,11-12H,9-10,13-15H2,1-4H3,(H,25,26). The van der Waals surface area contributed by atoms with Crippen LogP contribution in [0.3, 0.4) is 0 Å². The molecule has 0 spiro atoms. The first-order chi connectivity index (χ1) is 13.7. The molecular formula is C23H29NO5. The SMILES string of the molecule is CN(CCOc1ccc(-c2ccc3c(c2)OCO3)cc1CC(C)(C)C)CC(=O)O. The molecule has 2 aromatic rings. The molecule has 2 aromatic carbocycles. The van der Waals surface area contributed by atoms with Gasteiger partial charge in [-0.25, -0.2) is 0 Å². The van der Waals surface area contributed by atoms with E-state index in [1.165, 1.54) is 0 Å². The van der Waals surface area contributed by atoms with E-state index < -0.39 is 5.97 Å². The molecule has 3 rings (SSSR count). The minimum atomic E-state index is -0.839. The van der Waals surface area contributed by atoms with Crippen LogP contribution in [-0.2, 0) is 11.2 Å². The number of ether oxygens (including phenoxy) is 3. The summed E-state index contributed by atoms with van der Waals surface area (Å²) >= 11 is 0. The molecule has 0 amide bonds. The summed E-state index contributed by atoms with van der Waals surface area (Å²) in [4.78, 5) is 12.5. The number of benzene rings is 2. The maximum absolute atomic E-state index is 10.8. The van der Waals surface area contributed by atoms with E-state index in [1.807, 2.05) is 30.3 Å². The summed E-state index contributed by atoms with van der Waals surface area (Å²) < 4.78 is 16.9.